The van der Waals surface area contributed by atoms with E-state index in [2.05, 4.69) is 430 Å². The summed E-state index contributed by atoms with van der Waals surface area (Å²) in [5.41, 5.74) is 43.1. The molecular formula is C110H87B2N3O. The number of hydrogen-bond donors (Lipinski definition) is 0. The van der Waals surface area contributed by atoms with Crippen LogP contribution in [0.1, 0.15) is 103 Å². The van der Waals surface area contributed by atoms with Gasteiger partial charge in [-0.15, -0.1) is 0 Å². The summed E-state index contributed by atoms with van der Waals surface area (Å²) < 4.78 is 8.33. The fourth-order valence-electron chi connectivity index (χ4n) is 20.9. The highest BCUT2D eigenvalue weighted by Crippen LogP contribution is 2.59. The SMILES string of the molecule is CC(C)(C)c1cc(-c2ccccc2)c(N2c3ccccc3B3c4cc5c(cc4Oc4cc(-c6cccc7c6C(C)(C)c6ccccc6-7)cc2c43)N(c2c(-c3ccccc3)cc(C(C)(C)C)cc2-c2ccccc2)c2cc(-c3cccc4c3C(C)(C)c3ccccc3-4)cc3c2B5c2ccccc2N3c2ccccc2)c(-c2ccccc2)c1. The molecule has 22 rings (SSSR count). The molecule has 0 amide bonds. The van der Waals surface area contributed by atoms with Crippen molar-refractivity contribution in [3.05, 3.63) is 379 Å². The number of nitrogens with zero attached hydrogens (tertiary/aromatic N) is 3. The van der Waals surface area contributed by atoms with Crippen molar-refractivity contribution < 1.29 is 4.74 Å². The van der Waals surface area contributed by atoms with E-state index in [0.29, 0.717) is 0 Å². The van der Waals surface area contributed by atoms with Crippen LogP contribution in [0.5, 0.6) is 11.5 Å². The second kappa shape index (κ2) is 25.7. The van der Waals surface area contributed by atoms with Gasteiger partial charge in [-0.2, -0.15) is 0 Å². The van der Waals surface area contributed by atoms with Crippen LogP contribution in [0.25, 0.3) is 89.0 Å². The third-order valence-corrected chi connectivity index (χ3v) is 26.3. The molecule has 6 aliphatic rings. The van der Waals surface area contributed by atoms with Gasteiger partial charge < -0.3 is 19.4 Å². The maximum atomic E-state index is 8.33. The van der Waals surface area contributed by atoms with E-state index in [0.717, 1.165) is 129 Å². The number of ether oxygens (including phenoxy) is 1. The van der Waals surface area contributed by atoms with Crippen LogP contribution in [0.2, 0.25) is 0 Å². The summed E-state index contributed by atoms with van der Waals surface area (Å²) in [6, 6.07) is 132. The second-order valence-corrected chi connectivity index (χ2v) is 35.8. The zero-order valence-electron chi connectivity index (χ0n) is 67.3. The van der Waals surface area contributed by atoms with E-state index in [1.165, 1.54) is 88.6 Å². The van der Waals surface area contributed by atoms with Gasteiger partial charge in [-0.3, -0.25) is 0 Å². The fourth-order valence-corrected chi connectivity index (χ4v) is 20.9. The van der Waals surface area contributed by atoms with Crippen molar-refractivity contribution in [1.29, 1.82) is 0 Å². The number of benzene rings is 16. The number of rotatable bonds is 9. The first-order chi connectivity index (χ1) is 56.4. The third kappa shape index (κ3) is 10.4. The molecule has 16 aromatic carbocycles. The number of anilines is 9. The van der Waals surface area contributed by atoms with E-state index in [-0.39, 0.29) is 35.1 Å². The van der Waals surface area contributed by atoms with Gasteiger partial charge in [-0.25, -0.2) is 0 Å². The summed E-state index contributed by atoms with van der Waals surface area (Å²) >= 11 is 0. The first-order valence-corrected chi connectivity index (χ1v) is 41.3. The lowest BCUT2D eigenvalue weighted by Gasteiger charge is -2.46. The average Bonchev–Trinajstić information content (AvgIpc) is 0.939. The van der Waals surface area contributed by atoms with E-state index in [1.807, 2.05) is 0 Å². The highest BCUT2D eigenvalue weighted by molar-refractivity contribution is 7.02. The molecular weight excluding hydrogens is 1400 g/mol. The predicted molar refractivity (Wildman–Crippen MR) is 491 cm³/mol. The molecule has 4 nitrogen and oxygen atoms in total. The van der Waals surface area contributed by atoms with Crippen LogP contribution in [0.15, 0.2) is 346 Å². The summed E-state index contributed by atoms with van der Waals surface area (Å²) in [5, 5.41) is 0. The Hall–Kier alpha value is -13.2. The molecule has 0 spiro atoms. The average molecular weight is 1490 g/mol. The zero-order chi connectivity index (χ0) is 78.4. The molecule has 4 aliphatic heterocycles. The summed E-state index contributed by atoms with van der Waals surface area (Å²) in [5.74, 6) is 1.67. The van der Waals surface area contributed by atoms with E-state index in [1.54, 1.807) is 0 Å². The molecule has 554 valence electrons. The van der Waals surface area contributed by atoms with Gasteiger partial charge in [0.25, 0.3) is 13.4 Å². The van der Waals surface area contributed by atoms with Crippen LogP contribution in [-0.2, 0) is 21.7 Å². The van der Waals surface area contributed by atoms with Gasteiger partial charge in [0.05, 0.1) is 11.4 Å². The minimum Gasteiger partial charge on any atom is -0.458 e. The van der Waals surface area contributed by atoms with Gasteiger partial charge in [0.1, 0.15) is 11.5 Å². The van der Waals surface area contributed by atoms with Crippen LogP contribution >= 0.6 is 0 Å². The Morgan fingerprint density at radius 2 is 0.603 bits per heavy atom. The lowest BCUT2D eigenvalue weighted by atomic mass is 9.30. The van der Waals surface area contributed by atoms with Crippen molar-refractivity contribution in [2.24, 2.45) is 0 Å². The van der Waals surface area contributed by atoms with Crippen molar-refractivity contribution in [1.82, 2.24) is 0 Å². The molecule has 2 aliphatic carbocycles. The van der Waals surface area contributed by atoms with Crippen LogP contribution in [0.3, 0.4) is 0 Å². The van der Waals surface area contributed by atoms with Crippen LogP contribution in [-0.4, -0.2) is 13.4 Å². The summed E-state index contributed by atoms with van der Waals surface area (Å²) in [7, 11) is 0. The summed E-state index contributed by atoms with van der Waals surface area (Å²) in [6.07, 6.45) is 0. The Morgan fingerprint density at radius 3 is 1.06 bits per heavy atom. The van der Waals surface area contributed by atoms with E-state index in [4.69, 9.17) is 4.74 Å². The first-order valence-electron chi connectivity index (χ1n) is 41.3. The van der Waals surface area contributed by atoms with E-state index in [9.17, 15) is 0 Å². The highest BCUT2D eigenvalue weighted by Gasteiger charge is 2.50. The number of fused-ring (bicyclic) bond motifs is 14. The van der Waals surface area contributed by atoms with Gasteiger partial charge in [-0.1, -0.05) is 336 Å². The fraction of sp³-hybridized carbons (Fsp3) is 0.127. The molecule has 116 heavy (non-hydrogen) atoms. The Bertz CT molecular complexity index is 6650. The molecule has 0 atom stereocenters. The first kappa shape index (κ1) is 69.6. The molecule has 4 heterocycles. The van der Waals surface area contributed by atoms with Crippen molar-refractivity contribution >= 4 is 97.4 Å². The van der Waals surface area contributed by atoms with E-state index >= 15 is 0 Å². The van der Waals surface area contributed by atoms with Gasteiger partial charge >= 0.3 is 0 Å². The third-order valence-electron chi connectivity index (χ3n) is 26.3. The Balaban J connectivity index is 0.878. The standard InChI is InChI=1S/C110H87B2N3O/c1-107(2,3)74-62-83(68-36-16-11-17-37-68)105(84(63-74)69-38-18-12-19-39-69)114-94-57-33-31-55-90(94)112-92-66-91-95(67-99(92)116-100-61-73(60-98(114)104(100)112)78-49-35-51-82-80-47-27-29-53-88(80)110(9,10)102(78)82)115(106-85(70-40-20-13-21-41-70)64-75(108(4,5)6)65-86(106)71-42-22-14-23-43-71)97-59-72(77-48-34-50-81-79-46-26-28-52-87(79)109(7,8)101(77)81)58-96-103(97)111(91)89-54-30-32-56-93(89)113(96)76-44-24-15-25-45-76/h11-67H,1-10H3. The van der Waals surface area contributed by atoms with Gasteiger partial charge in [0.2, 0.25) is 0 Å². The molecule has 16 aromatic rings. The van der Waals surface area contributed by atoms with Gasteiger partial charge in [0, 0.05) is 79.0 Å². The molecule has 0 aromatic heterocycles. The van der Waals surface area contributed by atoms with Crippen LogP contribution in [0.4, 0.5) is 51.2 Å². The summed E-state index contributed by atoms with van der Waals surface area (Å²) in [4.78, 5) is 7.95. The van der Waals surface area contributed by atoms with Crippen molar-refractivity contribution in [3.8, 4) is 101 Å². The molecule has 0 saturated heterocycles. The number of para-hydroxylation sites is 3. The second-order valence-electron chi connectivity index (χ2n) is 35.8. The topological polar surface area (TPSA) is 19.0 Å². The Labute approximate surface area is 682 Å². The molecule has 0 fully saturated rings. The Morgan fingerprint density at radius 1 is 0.250 bits per heavy atom. The smallest absolute Gasteiger partial charge is 0.256 e. The van der Waals surface area contributed by atoms with Crippen molar-refractivity contribution in [3.63, 3.8) is 0 Å². The van der Waals surface area contributed by atoms with E-state index < -0.39 is 0 Å². The van der Waals surface area contributed by atoms with Crippen LogP contribution in [0, 0.1) is 0 Å². The van der Waals surface area contributed by atoms with Crippen molar-refractivity contribution in [2.45, 2.75) is 90.9 Å². The quantitative estimate of drug-likeness (QED) is 0.134. The number of hydrogen-bond acceptors (Lipinski definition) is 4. The van der Waals surface area contributed by atoms with Crippen molar-refractivity contribution in [2.75, 3.05) is 14.7 Å². The molecule has 0 radical (unpaired) electrons. The lowest BCUT2D eigenvalue weighted by molar-refractivity contribution is 0.488. The monoisotopic (exact) mass is 1490 g/mol. The summed E-state index contributed by atoms with van der Waals surface area (Å²) in [6.45, 7) is 23.3. The molecule has 0 unspecified atom stereocenters. The highest BCUT2D eigenvalue weighted by atomic mass is 16.5. The zero-order valence-corrected chi connectivity index (χ0v) is 67.3. The van der Waals surface area contributed by atoms with Gasteiger partial charge in [0.15, 0.2) is 0 Å². The normalized spacial score (nSPS) is 14.4. The Kier molecular flexibility index (Phi) is 15.4. The lowest BCUT2D eigenvalue weighted by Crippen LogP contribution is -2.64. The van der Waals surface area contributed by atoms with Crippen LogP contribution < -0.4 is 52.2 Å². The predicted octanol–water partition coefficient (Wildman–Crippen LogP) is 25.4. The molecule has 0 bridgehead atoms. The minimum atomic E-state index is -0.319. The minimum absolute atomic E-state index is 0.184. The molecule has 0 N–H and O–H groups in total. The largest absolute Gasteiger partial charge is 0.458 e. The maximum Gasteiger partial charge on any atom is 0.256 e. The molecule has 0 saturated carbocycles. The van der Waals surface area contributed by atoms with Gasteiger partial charge in [-0.05, 0) is 217 Å². The molecule has 6 heteroatoms. The maximum absolute atomic E-state index is 8.33.